The van der Waals surface area contributed by atoms with E-state index in [1.807, 2.05) is 73.7 Å². The van der Waals surface area contributed by atoms with Crippen molar-refractivity contribution >= 4 is 46.0 Å². The number of anilines is 1. The van der Waals surface area contributed by atoms with Gasteiger partial charge in [-0.3, -0.25) is 14.4 Å². The van der Waals surface area contributed by atoms with E-state index in [1.165, 1.54) is 0 Å². The smallest absolute Gasteiger partial charge is 0.311 e. The normalized spacial score (nSPS) is 32.2. The minimum atomic E-state index is -0.878. The molecule has 0 aromatic heterocycles. The molecule has 2 saturated heterocycles. The number of carbonyl (C=O) groups excluding carboxylic acids is 3. The summed E-state index contributed by atoms with van der Waals surface area (Å²) in [4.78, 5) is 45.4. The van der Waals surface area contributed by atoms with E-state index in [2.05, 4.69) is 0 Å². The topological polar surface area (TPSA) is 87.1 Å². The van der Waals surface area contributed by atoms with E-state index in [0.717, 1.165) is 22.9 Å². The number of benzene rings is 2. The molecule has 1 spiro atoms. The Hall–Kier alpha value is -3.10. The largest absolute Gasteiger partial charge is 0.461 e. The summed E-state index contributed by atoms with van der Waals surface area (Å²) in [6.45, 7) is 3.06. The van der Waals surface area contributed by atoms with Crippen LogP contribution in [0.15, 0.2) is 66.8 Å². The minimum absolute atomic E-state index is 0.0931. The van der Waals surface area contributed by atoms with Gasteiger partial charge in [0.05, 0.1) is 16.6 Å². The van der Waals surface area contributed by atoms with Gasteiger partial charge in [0.1, 0.15) is 12.6 Å². The fourth-order valence-corrected chi connectivity index (χ4v) is 8.90. The maximum absolute atomic E-state index is 14.5. The number of rotatable bonds is 6. The summed E-state index contributed by atoms with van der Waals surface area (Å²) in [5.74, 6) is -2.03. The van der Waals surface area contributed by atoms with Crippen LogP contribution in [0.5, 0.6) is 0 Å². The number of aliphatic hydroxyl groups excluding tert-OH is 1. The number of hydrogen-bond acceptors (Lipinski definition) is 6. The molecule has 7 nitrogen and oxygen atoms in total. The van der Waals surface area contributed by atoms with E-state index >= 15 is 0 Å². The Kier molecular flexibility index (Phi) is 6.35. The molecule has 2 fully saturated rings. The van der Waals surface area contributed by atoms with Crippen molar-refractivity contribution in [3.8, 4) is 0 Å². The van der Waals surface area contributed by atoms with Crippen molar-refractivity contribution in [2.75, 3.05) is 31.2 Å². The Morgan fingerprint density at radius 3 is 2.61 bits per heavy atom. The van der Waals surface area contributed by atoms with Gasteiger partial charge in [-0.1, -0.05) is 48.6 Å². The predicted octanol–water partition coefficient (Wildman–Crippen LogP) is 3.71. The van der Waals surface area contributed by atoms with Crippen LogP contribution >= 0.6 is 11.8 Å². The standard InChI is InChI=1S/C30H32N2O5S/c1-29-13-8-18-37-28(36)24(29)23-26(34)32(15-5-2-6-17-33)25-27(35)31(16-7-14-30(23,25)38-29)22-12-11-20-9-3-4-10-21(20)19-22/h3-4,7-14,19,23-25,33H,2,5-6,15-18H2,1H3/t23-,24-,25?,29+,30-/m0/s1. The molecule has 2 amide bonds. The van der Waals surface area contributed by atoms with Crippen LogP contribution in [0.25, 0.3) is 10.8 Å². The molecule has 0 aliphatic carbocycles. The molecule has 6 rings (SSSR count). The molecule has 8 heteroatoms. The van der Waals surface area contributed by atoms with Crippen LogP contribution in [0.3, 0.4) is 0 Å². The summed E-state index contributed by atoms with van der Waals surface area (Å²) in [6.07, 6.45) is 9.92. The molecule has 4 aliphatic rings. The number of carbonyl (C=O) groups is 3. The highest BCUT2D eigenvalue weighted by Crippen LogP contribution is 2.65. The zero-order chi connectivity index (χ0) is 26.5. The van der Waals surface area contributed by atoms with Crippen LogP contribution in [0.4, 0.5) is 5.69 Å². The number of hydrogen-bond donors (Lipinski definition) is 1. The molecule has 1 unspecified atom stereocenters. The first-order chi connectivity index (χ1) is 18.4. The van der Waals surface area contributed by atoms with Gasteiger partial charge in [0.25, 0.3) is 5.91 Å². The molecular formula is C30H32N2O5S. The van der Waals surface area contributed by atoms with Crippen molar-refractivity contribution in [2.45, 2.75) is 41.7 Å². The first-order valence-electron chi connectivity index (χ1n) is 13.3. The van der Waals surface area contributed by atoms with Gasteiger partial charge >= 0.3 is 5.97 Å². The SMILES string of the molecule is C[C@@]12C=CCOC(=O)[C@@H]1[C@H]1C(=O)N(CCCCCO)C3C(=O)N(c4ccc5ccccc5c4)CC=C[C@@]31S2. The number of cyclic esters (lactones) is 1. The Bertz CT molecular complexity index is 1360. The van der Waals surface area contributed by atoms with Crippen LogP contribution in [-0.2, 0) is 19.1 Å². The van der Waals surface area contributed by atoms with E-state index in [1.54, 1.807) is 21.6 Å². The van der Waals surface area contributed by atoms with Gasteiger partial charge in [-0.15, -0.1) is 11.8 Å². The maximum Gasteiger partial charge on any atom is 0.311 e. The van der Waals surface area contributed by atoms with Crippen molar-refractivity contribution in [1.29, 1.82) is 0 Å². The Morgan fingerprint density at radius 1 is 0.974 bits per heavy atom. The third-order valence-electron chi connectivity index (χ3n) is 8.41. The summed E-state index contributed by atoms with van der Waals surface area (Å²) in [5, 5.41) is 11.4. The summed E-state index contributed by atoms with van der Waals surface area (Å²) < 4.78 is 3.96. The third-order valence-corrected chi connectivity index (χ3v) is 10.2. The van der Waals surface area contributed by atoms with Gasteiger partial charge in [0, 0.05) is 30.1 Å². The van der Waals surface area contributed by atoms with Crippen LogP contribution < -0.4 is 4.90 Å². The van der Waals surface area contributed by atoms with Gasteiger partial charge in [-0.25, -0.2) is 0 Å². The number of nitrogens with zero attached hydrogens (tertiary/aromatic N) is 2. The zero-order valence-electron chi connectivity index (χ0n) is 21.4. The second kappa shape index (κ2) is 9.58. The van der Waals surface area contributed by atoms with Crippen LogP contribution in [-0.4, -0.2) is 69.6 Å². The molecule has 5 atom stereocenters. The highest BCUT2D eigenvalue weighted by atomic mass is 32.2. The lowest BCUT2D eigenvalue weighted by atomic mass is 9.75. The van der Waals surface area contributed by atoms with Crippen LogP contribution in [0.2, 0.25) is 0 Å². The van der Waals surface area contributed by atoms with Gasteiger partial charge in [0.15, 0.2) is 0 Å². The number of thioether (sulfide) groups is 1. The molecule has 1 N–H and O–H groups in total. The van der Waals surface area contributed by atoms with Crippen LogP contribution in [0.1, 0.15) is 26.2 Å². The molecule has 4 aliphatic heterocycles. The summed E-state index contributed by atoms with van der Waals surface area (Å²) >= 11 is 1.56. The Labute approximate surface area is 226 Å². The van der Waals surface area contributed by atoms with Crippen LogP contribution in [0, 0.1) is 11.8 Å². The van der Waals surface area contributed by atoms with E-state index in [-0.39, 0.29) is 31.0 Å². The van der Waals surface area contributed by atoms with Crippen molar-refractivity contribution < 1.29 is 24.2 Å². The molecule has 2 aromatic rings. The summed E-state index contributed by atoms with van der Waals surface area (Å²) in [5.41, 5.74) is 0.786. The molecule has 2 aromatic carbocycles. The van der Waals surface area contributed by atoms with Gasteiger partial charge in [0.2, 0.25) is 5.91 Å². The molecule has 198 valence electrons. The highest BCUT2D eigenvalue weighted by molar-refractivity contribution is 8.02. The lowest BCUT2D eigenvalue weighted by Gasteiger charge is -2.36. The fraction of sp³-hybridized carbons (Fsp3) is 0.433. The molecule has 0 radical (unpaired) electrons. The van der Waals surface area contributed by atoms with Gasteiger partial charge < -0.3 is 19.6 Å². The van der Waals surface area contributed by atoms with Crippen molar-refractivity contribution in [3.63, 3.8) is 0 Å². The first kappa shape index (κ1) is 25.2. The lowest BCUT2D eigenvalue weighted by Crippen LogP contribution is -2.53. The zero-order valence-corrected chi connectivity index (χ0v) is 22.2. The monoisotopic (exact) mass is 532 g/mol. The van der Waals surface area contributed by atoms with E-state index in [4.69, 9.17) is 4.74 Å². The fourth-order valence-electron chi connectivity index (χ4n) is 6.74. The molecule has 0 bridgehead atoms. The number of likely N-dealkylation sites (tertiary alicyclic amines) is 1. The average Bonchev–Trinajstić information content (AvgIpc) is 3.16. The maximum atomic E-state index is 14.5. The summed E-state index contributed by atoms with van der Waals surface area (Å²) in [6, 6.07) is 13.3. The van der Waals surface area contributed by atoms with E-state index in [9.17, 15) is 19.5 Å². The number of amides is 2. The van der Waals surface area contributed by atoms with Crippen molar-refractivity contribution in [3.05, 3.63) is 66.8 Å². The minimum Gasteiger partial charge on any atom is -0.461 e. The molecular weight excluding hydrogens is 500 g/mol. The van der Waals surface area contributed by atoms with E-state index in [0.29, 0.717) is 25.9 Å². The van der Waals surface area contributed by atoms with Gasteiger partial charge in [-0.2, -0.15) is 0 Å². The first-order valence-corrected chi connectivity index (χ1v) is 14.1. The number of unbranched alkanes of at least 4 members (excludes halogenated alkanes) is 2. The lowest BCUT2D eigenvalue weighted by molar-refractivity contribution is -0.152. The number of aliphatic hydroxyl groups is 1. The number of fused-ring (bicyclic) bond motifs is 3. The second-order valence-electron chi connectivity index (χ2n) is 10.7. The number of esters is 1. The third kappa shape index (κ3) is 3.80. The van der Waals surface area contributed by atoms with Crippen molar-refractivity contribution in [2.24, 2.45) is 11.8 Å². The quantitative estimate of drug-likeness (QED) is 0.347. The van der Waals surface area contributed by atoms with Crippen molar-refractivity contribution in [1.82, 2.24) is 4.90 Å². The van der Waals surface area contributed by atoms with E-state index < -0.39 is 27.4 Å². The summed E-state index contributed by atoms with van der Waals surface area (Å²) in [7, 11) is 0. The van der Waals surface area contributed by atoms with Gasteiger partial charge in [-0.05, 0) is 55.2 Å². The molecule has 0 saturated carbocycles. The molecule has 38 heavy (non-hydrogen) atoms. The molecule has 4 heterocycles. The second-order valence-corrected chi connectivity index (χ2v) is 12.5. The highest BCUT2D eigenvalue weighted by Gasteiger charge is 2.74. The number of ether oxygens (including phenoxy) is 1. The predicted molar refractivity (Wildman–Crippen MR) is 148 cm³/mol. The Balaban J connectivity index is 1.44. The Morgan fingerprint density at radius 2 is 1.79 bits per heavy atom. The average molecular weight is 533 g/mol.